The maximum atomic E-state index is 9.21. The molecule has 0 aliphatic carbocycles. The van der Waals surface area contributed by atoms with Crippen molar-refractivity contribution in [3.05, 3.63) is 23.8 Å². The number of rotatable bonds is 1. The molecular weight excluding hydrogens is 241 g/mol. The average Bonchev–Trinajstić information content (AvgIpc) is 1.88. The molecule has 0 atom stereocenters. The molecule has 0 aliphatic heterocycles. The van der Waals surface area contributed by atoms with Crippen LogP contribution in [-0.2, 0) is 4.43 Å². The fourth-order valence-electron chi connectivity index (χ4n) is 0.694. The molecule has 0 spiro atoms. The van der Waals surface area contributed by atoms with Gasteiger partial charge in [0.05, 0.1) is 0 Å². The van der Waals surface area contributed by atoms with Crippen molar-refractivity contribution >= 4 is 28.3 Å². The third kappa shape index (κ3) is 1.53. The van der Waals surface area contributed by atoms with Gasteiger partial charge in [-0.3, -0.25) is 0 Å². The monoisotopic (exact) mass is 249 g/mol. The maximum Gasteiger partial charge on any atom is 0.121 e. The van der Waals surface area contributed by atoms with Crippen molar-refractivity contribution in [2.24, 2.45) is 0 Å². The van der Waals surface area contributed by atoms with E-state index in [0.29, 0.717) is 5.69 Å². The molecule has 1 aromatic carbocycles. The molecule has 0 heterocycles. The van der Waals surface area contributed by atoms with Crippen LogP contribution in [0.1, 0.15) is 5.56 Å². The molecule has 0 amide bonds. The summed E-state index contributed by atoms with van der Waals surface area (Å²) in [4.78, 5) is 0. The second-order valence-electron chi connectivity index (χ2n) is 2.02. The Kier molecular flexibility index (Phi) is 2.37. The first-order valence-corrected chi connectivity index (χ1v) is 4.40. The van der Waals surface area contributed by atoms with E-state index in [1.54, 1.807) is 12.1 Å². The summed E-state index contributed by atoms with van der Waals surface area (Å²) in [7, 11) is 0. The Hall–Kier alpha value is -0.450. The van der Waals surface area contributed by atoms with Gasteiger partial charge in [-0.25, -0.2) is 0 Å². The van der Waals surface area contributed by atoms with Crippen molar-refractivity contribution in [2.75, 3.05) is 5.73 Å². The van der Waals surface area contributed by atoms with Gasteiger partial charge in [-0.15, -0.1) is 0 Å². The van der Waals surface area contributed by atoms with Crippen LogP contribution >= 0.6 is 22.6 Å². The van der Waals surface area contributed by atoms with Crippen LogP contribution in [0.15, 0.2) is 18.2 Å². The van der Waals surface area contributed by atoms with E-state index in [2.05, 4.69) is 22.6 Å². The molecule has 0 fully saturated rings. The summed E-state index contributed by atoms with van der Waals surface area (Å²) in [5.41, 5.74) is 6.95. The zero-order valence-corrected chi connectivity index (χ0v) is 7.50. The van der Waals surface area contributed by atoms with Gasteiger partial charge in [0.2, 0.25) is 0 Å². The summed E-state index contributed by atoms with van der Waals surface area (Å²) >= 11 is 2.19. The van der Waals surface area contributed by atoms with E-state index in [0.717, 1.165) is 9.99 Å². The molecule has 0 saturated carbocycles. The number of nitrogen functional groups attached to an aromatic ring is 1. The minimum absolute atomic E-state index is 0.286. The van der Waals surface area contributed by atoms with Crippen molar-refractivity contribution in [1.82, 2.24) is 0 Å². The highest BCUT2D eigenvalue weighted by Gasteiger charge is 1.97. The number of hydrogen-bond donors (Lipinski definition) is 2. The fourth-order valence-corrected chi connectivity index (χ4v) is 1.34. The SMILES string of the molecule is Nc1ccc(CI)c(O)c1. The van der Waals surface area contributed by atoms with Crippen LogP contribution in [0.5, 0.6) is 5.75 Å². The van der Waals surface area contributed by atoms with Gasteiger partial charge < -0.3 is 10.8 Å². The Morgan fingerprint density at radius 1 is 1.50 bits per heavy atom. The number of phenols is 1. The van der Waals surface area contributed by atoms with Crippen molar-refractivity contribution in [1.29, 1.82) is 0 Å². The van der Waals surface area contributed by atoms with Gasteiger partial charge in [-0.05, 0) is 6.07 Å². The Morgan fingerprint density at radius 2 is 2.20 bits per heavy atom. The first-order valence-electron chi connectivity index (χ1n) is 2.87. The lowest BCUT2D eigenvalue weighted by molar-refractivity contribution is 0.471. The molecule has 10 heavy (non-hydrogen) atoms. The molecule has 0 aromatic heterocycles. The van der Waals surface area contributed by atoms with Crippen molar-refractivity contribution in [2.45, 2.75) is 4.43 Å². The standard InChI is InChI=1S/C7H8INO/c8-4-5-1-2-6(9)3-7(5)10/h1-3,10H,4,9H2. The van der Waals surface area contributed by atoms with Crippen LogP contribution in [0.25, 0.3) is 0 Å². The average molecular weight is 249 g/mol. The summed E-state index contributed by atoms with van der Waals surface area (Å²) in [5, 5.41) is 9.21. The second-order valence-corrected chi connectivity index (χ2v) is 2.78. The molecular formula is C7H8INO. The maximum absolute atomic E-state index is 9.21. The zero-order chi connectivity index (χ0) is 7.56. The van der Waals surface area contributed by atoms with Crippen molar-refractivity contribution in [3.63, 3.8) is 0 Å². The Labute approximate surface area is 73.2 Å². The van der Waals surface area contributed by atoms with Crippen molar-refractivity contribution < 1.29 is 5.11 Å². The molecule has 0 unspecified atom stereocenters. The molecule has 2 nitrogen and oxygen atoms in total. The largest absolute Gasteiger partial charge is 0.508 e. The molecule has 3 heteroatoms. The predicted octanol–water partition coefficient (Wildman–Crippen LogP) is 1.91. The van der Waals surface area contributed by atoms with E-state index in [1.165, 1.54) is 0 Å². The molecule has 3 N–H and O–H groups in total. The first-order chi connectivity index (χ1) is 4.74. The van der Waals surface area contributed by atoms with Crippen LogP contribution in [0.3, 0.4) is 0 Å². The van der Waals surface area contributed by atoms with Crippen LogP contribution in [0.4, 0.5) is 5.69 Å². The topological polar surface area (TPSA) is 46.2 Å². The van der Waals surface area contributed by atoms with E-state index < -0.39 is 0 Å². The number of aromatic hydroxyl groups is 1. The minimum Gasteiger partial charge on any atom is -0.508 e. The molecule has 0 saturated heterocycles. The summed E-state index contributed by atoms with van der Waals surface area (Å²) in [6, 6.07) is 5.18. The summed E-state index contributed by atoms with van der Waals surface area (Å²) in [6.07, 6.45) is 0. The van der Waals surface area contributed by atoms with Crippen LogP contribution < -0.4 is 5.73 Å². The molecule has 54 valence electrons. The van der Waals surface area contributed by atoms with Gasteiger partial charge in [0.15, 0.2) is 0 Å². The minimum atomic E-state index is 0.286. The Morgan fingerprint density at radius 3 is 2.70 bits per heavy atom. The second kappa shape index (κ2) is 3.09. The molecule has 1 aromatic rings. The lowest BCUT2D eigenvalue weighted by Crippen LogP contribution is -1.85. The number of anilines is 1. The quantitative estimate of drug-likeness (QED) is 0.453. The predicted molar refractivity (Wildman–Crippen MR) is 50.2 cm³/mol. The lowest BCUT2D eigenvalue weighted by atomic mass is 10.2. The van der Waals surface area contributed by atoms with Gasteiger partial charge in [0.25, 0.3) is 0 Å². The number of halogens is 1. The summed E-state index contributed by atoms with van der Waals surface area (Å²) < 4.78 is 0.809. The highest BCUT2D eigenvalue weighted by molar-refractivity contribution is 14.1. The highest BCUT2D eigenvalue weighted by atomic mass is 127. The summed E-state index contributed by atoms with van der Waals surface area (Å²) in [5.74, 6) is 0.286. The van der Waals surface area contributed by atoms with E-state index >= 15 is 0 Å². The van der Waals surface area contributed by atoms with Gasteiger partial charge in [-0.1, -0.05) is 28.7 Å². The van der Waals surface area contributed by atoms with Crippen LogP contribution in [0.2, 0.25) is 0 Å². The first kappa shape index (κ1) is 7.65. The van der Waals surface area contributed by atoms with Crippen molar-refractivity contribution in [3.8, 4) is 5.75 Å². The highest BCUT2D eigenvalue weighted by Crippen LogP contribution is 2.21. The Bertz CT molecular complexity index is 237. The van der Waals surface area contributed by atoms with E-state index in [9.17, 15) is 5.11 Å². The number of alkyl halides is 1. The zero-order valence-electron chi connectivity index (χ0n) is 5.34. The van der Waals surface area contributed by atoms with Crippen LogP contribution in [0, 0.1) is 0 Å². The number of nitrogens with two attached hydrogens (primary N) is 1. The third-order valence-corrected chi connectivity index (χ3v) is 2.08. The van der Waals surface area contributed by atoms with E-state index in [4.69, 9.17) is 5.73 Å². The molecule has 0 bridgehead atoms. The number of phenolic OH excluding ortho intramolecular Hbond substituents is 1. The lowest BCUT2D eigenvalue weighted by Gasteiger charge is -1.99. The van der Waals surface area contributed by atoms with Gasteiger partial charge in [0, 0.05) is 21.7 Å². The fraction of sp³-hybridized carbons (Fsp3) is 0.143. The van der Waals surface area contributed by atoms with Gasteiger partial charge in [0.1, 0.15) is 5.75 Å². The smallest absolute Gasteiger partial charge is 0.121 e. The number of hydrogen-bond acceptors (Lipinski definition) is 2. The molecule has 0 aliphatic rings. The number of benzene rings is 1. The summed E-state index contributed by atoms with van der Waals surface area (Å²) in [6.45, 7) is 0. The van der Waals surface area contributed by atoms with Gasteiger partial charge >= 0.3 is 0 Å². The van der Waals surface area contributed by atoms with E-state index in [1.807, 2.05) is 6.07 Å². The molecule has 1 rings (SSSR count). The normalized spacial score (nSPS) is 9.70. The van der Waals surface area contributed by atoms with Crippen LogP contribution in [-0.4, -0.2) is 5.11 Å². The third-order valence-electron chi connectivity index (χ3n) is 1.25. The Balaban J connectivity index is 3.07. The van der Waals surface area contributed by atoms with E-state index in [-0.39, 0.29) is 5.75 Å². The molecule has 0 radical (unpaired) electrons. The van der Waals surface area contributed by atoms with Gasteiger partial charge in [-0.2, -0.15) is 0 Å².